The van der Waals surface area contributed by atoms with Crippen LogP contribution < -0.4 is 0 Å². The maximum Gasteiger partial charge on any atom is 0.497 e. The van der Waals surface area contributed by atoms with E-state index < -0.39 is 21.1 Å². The molecule has 0 N–H and O–H groups in total. The minimum atomic E-state index is -5.11. The second-order valence-corrected chi connectivity index (χ2v) is 4.35. The van der Waals surface area contributed by atoms with Gasteiger partial charge in [-0.3, -0.25) is 0 Å². The van der Waals surface area contributed by atoms with Gasteiger partial charge in [0.2, 0.25) is 9.84 Å². The van der Waals surface area contributed by atoms with E-state index in [1.807, 2.05) is 0 Å². The Morgan fingerprint density at radius 3 is 1.80 bits per heavy atom. The van der Waals surface area contributed by atoms with E-state index in [4.69, 9.17) is 0 Å². The fourth-order valence-electron chi connectivity index (χ4n) is 0.217. The summed E-state index contributed by atoms with van der Waals surface area (Å²) in [6.45, 7) is 0. The van der Waals surface area contributed by atoms with Gasteiger partial charge in [0.05, 0.1) is 5.75 Å². The van der Waals surface area contributed by atoms with Gasteiger partial charge in [-0.2, -0.15) is 13.2 Å². The molecule has 0 bridgehead atoms. The smallest absolute Gasteiger partial charge is 0.220 e. The first-order valence-corrected chi connectivity index (χ1v) is 4.93. The summed E-state index contributed by atoms with van der Waals surface area (Å²) < 4.78 is 54.4. The van der Waals surface area contributed by atoms with Gasteiger partial charge < -0.3 is 0 Å². The Labute approximate surface area is 64.5 Å². The van der Waals surface area contributed by atoms with Crippen LogP contribution in [0.5, 0.6) is 0 Å². The number of rotatable bonds is 2. The molecule has 0 radical (unpaired) electrons. The van der Waals surface area contributed by atoms with E-state index in [0.29, 0.717) is 0 Å². The highest BCUT2D eigenvalue weighted by atomic mass is 79.9. The molecule has 0 saturated carbocycles. The normalized spacial score (nSPS) is 13.6. The fourth-order valence-corrected chi connectivity index (χ4v) is 1.93. The summed E-state index contributed by atoms with van der Waals surface area (Å²) in [7, 11) is -4.89. The van der Waals surface area contributed by atoms with Gasteiger partial charge >= 0.3 is 5.51 Å². The monoisotopic (exact) mass is 240 g/mol. The van der Waals surface area contributed by atoms with Gasteiger partial charge in [-0.1, -0.05) is 15.9 Å². The summed E-state index contributed by atoms with van der Waals surface area (Å²) in [5, 5.41) is -0.200. The molecule has 0 aromatic rings. The van der Waals surface area contributed by atoms with Crippen LogP contribution >= 0.6 is 15.9 Å². The Morgan fingerprint density at radius 2 is 1.70 bits per heavy atom. The SMILES string of the molecule is O=S(=O)(CCBr)C(F)(F)F. The van der Waals surface area contributed by atoms with E-state index >= 15 is 0 Å². The lowest BCUT2D eigenvalue weighted by atomic mass is 11.0. The average Bonchev–Trinajstić information content (AvgIpc) is 1.61. The van der Waals surface area contributed by atoms with Gasteiger partial charge in [-0.25, -0.2) is 8.42 Å². The third kappa shape index (κ3) is 2.45. The van der Waals surface area contributed by atoms with Crippen molar-refractivity contribution in [3.63, 3.8) is 0 Å². The van der Waals surface area contributed by atoms with Crippen LogP contribution in [0.3, 0.4) is 0 Å². The minimum absolute atomic E-state index is 0.200. The van der Waals surface area contributed by atoms with E-state index in [-0.39, 0.29) is 5.33 Å². The number of alkyl halides is 4. The highest BCUT2D eigenvalue weighted by Gasteiger charge is 2.44. The molecule has 62 valence electrons. The first-order chi connectivity index (χ1) is 4.31. The molecule has 0 unspecified atom stereocenters. The van der Waals surface area contributed by atoms with Gasteiger partial charge in [0.15, 0.2) is 0 Å². The maximum absolute atomic E-state index is 11.4. The zero-order valence-electron chi connectivity index (χ0n) is 4.65. The summed E-state index contributed by atoms with van der Waals surface area (Å²) in [4.78, 5) is 0. The molecule has 0 atom stereocenters. The molecule has 0 aliphatic heterocycles. The van der Waals surface area contributed by atoms with E-state index in [1.54, 1.807) is 0 Å². The molecule has 7 heteroatoms. The fraction of sp³-hybridized carbons (Fsp3) is 1.00. The summed E-state index contributed by atoms with van der Waals surface area (Å²) in [5.74, 6) is -0.906. The Kier molecular flexibility index (Phi) is 3.15. The van der Waals surface area contributed by atoms with E-state index in [9.17, 15) is 21.6 Å². The minimum Gasteiger partial charge on any atom is -0.220 e. The first-order valence-electron chi connectivity index (χ1n) is 2.16. The molecule has 0 aliphatic rings. The molecule has 0 saturated heterocycles. The lowest BCUT2D eigenvalue weighted by molar-refractivity contribution is -0.0433. The van der Waals surface area contributed by atoms with Crippen LogP contribution in [0.1, 0.15) is 0 Å². The average molecular weight is 241 g/mol. The van der Waals surface area contributed by atoms with Crippen LogP contribution in [0.25, 0.3) is 0 Å². The van der Waals surface area contributed by atoms with Crippen molar-refractivity contribution >= 4 is 25.8 Å². The predicted molar refractivity (Wildman–Crippen MR) is 33.6 cm³/mol. The first kappa shape index (κ1) is 10.2. The van der Waals surface area contributed by atoms with Crippen LogP contribution in [0, 0.1) is 0 Å². The summed E-state index contributed by atoms with van der Waals surface area (Å²) in [5.41, 5.74) is -5.11. The molecule has 0 heterocycles. The van der Waals surface area contributed by atoms with E-state index in [1.165, 1.54) is 0 Å². The third-order valence-corrected chi connectivity index (χ3v) is 3.07. The van der Waals surface area contributed by atoms with Gasteiger partial charge in [0, 0.05) is 5.33 Å². The Balaban J connectivity index is 4.44. The second kappa shape index (κ2) is 3.08. The van der Waals surface area contributed by atoms with Crippen molar-refractivity contribution < 1.29 is 21.6 Å². The maximum atomic E-state index is 11.4. The van der Waals surface area contributed by atoms with Gasteiger partial charge in [-0.05, 0) is 0 Å². The van der Waals surface area contributed by atoms with Gasteiger partial charge in [0.1, 0.15) is 0 Å². The van der Waals surface area contributed by atoms with Crippen LogP contribution in [0.4, 0.5) is 13.2 Å². The Morgan fingerprint density at radius 1 is 1.30 bits per heavy atom. The van der Waals surface area contributed by atoms with Crippen molar-refractivity contribution in [2.75, 3.05) is 11.1 Å². The summed E-state index contributed by atoms with van der Waals surface area (Å²) >= 11 is 2.60. The lowest BCUT2D eigenvalue weighted by Gasteiger charge is -2.04. The number of hydrogen-bond donors (Lipinski definition) is 0. The number of hydrogen-bond acceptors (Lipinski definition) is 2. The van der Waals surface area contributed by atoms with Crippen molar-refractivity contribution in [2.45, 2.75) is 5.51 Å². The standard InChI is InChI=1S/C3H4BrF3O2S/c4-1-2-10(8,9)3(5,6)7/h1-2H2. The Bertz CT molecular complexity index is 194. The molecule has 0 rings (SSSR count). The van der Waals surface area contributed by atoms with E-state index in [0.717, 1.165) is 0 Å². The zero-order valence-corrected chi connectivity index (χ0v) is 7.05. The third-order valence-electron chi connectivity index (χ3n) is 0.699. The Hall–Kier alpha value is 0.220. The number of sulfone groups is 1. The van der Waals surface area contributed by atoms with Crippen LogP contribution in [0.2, 0.25) is 0 Å². The van der Waals surface area contributed by atoms with Crippen molar-refractivity contribution in [3.05, 3.63) is 0 Å². The van der Waals surface area contributed by atoms with Crippen LogP contribution in [0.15, 0.2) is 0 Å². The van der Waals surface area contributed by atoms with Crippen molar-refractivity contribution in [2.24, 2.45) is 0 Å². The number of halogens is 4. The quantitative estimate of drug-likeness (QED) is 0.683. The molecular formula is C3H4BrF3O2S. The van der Waals surface area contributed by atoms with E-state index in [2.05, 4.69) is 15.9 Å². The molecule has 0 aromatic carbocycles. The lowest BCUT2D eigenvalue weighted by Crippen LogP contribution is -2.26. The molecular weight excluding hydrogens is 237 g/mol. The molecule has 0 spiro atoms. The molecule has 0 aliphatic carbocycles. The van der Waals surface area contributed by atoms with Crippen molar-refractivity contribution in [3.8, 4) is 0 Å². The molecule has 10 heavy (non-hydrogen) atoms. The van der Waals surface area contributed by atoms with Gasteiger partial charge in [-0.15, -0.1) is 0 Å². The van der Waals surface area contributed by atoms with Crippen LogP contribution in [-0.2, 0) is 9.84 Å². The molecule has 0 aromatic heterocycles. The highest BCUT2D eigenvalue weighted by Crippen LogP contribution is 2.23. The molecule has 2 nitrogen and oxygen atoms in total. The molecule has 0 fully saturated rings. The summed E-state index contributed by atoms with van der Waals surface area (Å²) in [6, 6.07) is 0. The molecule has 0 amide bonds. The van der Waals surface area contributed by atoms with Gasteiger partial charge in [0.25, 0.3) is 0 Å². The van der Waals surface area contributed by atoms with Crippen LogP contribution in [-0.4, -0.2) is 25.0 Å². The summed E-state index contributed by atoms with van der Waals surface area (Å²) in [6.07, 6.45) is 0. The second-order valence-electron chi connectivity index (χ2n) is 1.45. The van der Waals surface area contributed by atoms with Crippen molar-refractivity contribution in [1.29, 1.82) is 0 Å². The largest absolute Gasteiger partial charge is 0.497 e. The topological polar surface area (TPSA) is 34.1 Å². The predicted octanol–water partition coefficient (Wildman–Crippen LogP) is 1.32. The zero-order chi connectivity index (χ0) is 8.41. The highest BCUT2D eigenvalue weighted by molar-refractivity contribution is 9.09. The van der Waals surface area contributed by atoms with Crippen molar-refractivity contribution in [1.82, 2.24) is 0 Å².